The highest BCUT2D eigenvalue weighted by atomic mass is 16.3. The van der Waals surface area contributed by atoms with Crippen LogP contribution in [-0.2, 0) is 13.1 Å². The molecule has 1 aromatic heterocycles. The molecule has 0 unspecified atom stereocenters. The largest absolute Gasteiger partial charge is 0.507 e. The fraction of sp³-hybridized carbons (Fsp3) is 0.143. The number of phenols is 1. The molecule has 0 saturated carbocycles. The van der Waals surface area contributed by atoms with E-state index in [4.69, 9.17) is 0 Å². The molecule has 0 radical (unpaired) electrons. The predicted octanol–water partition coefficient (Wildman–Crippen LogP) is 2.84. The Morgan fingerprint density at radius 2 is 1.77 bits per heavy atom. The van der Waals surface area contributed by atoms with Gasteiger partial charge in [-0.1, -0.05) is 42.0 Å². The van der Waals surface area contributed by atoms with Crippen molar-refractivity contribution in [2.45, 2.75) is 20.0 Å². The zero-order valence-corrected chi connectivity index (χ0v) is 14.5. The number of carbonyl (C=O) groups is 1. The van der Waals surface area contributed by atoms with Crippen LogP contribution in [0.25, 0.3) is 0 Å². The lowest BCUT2D eigenvalue weighted by atomic mass is 10.1. The molecule has 1 amide bonds. The molecular weight excluding hydrogens is 328 g/mol. The van der Waals surface area contributed by atoms with Crippen LogP contribution < -0.4 is 10.9 Å². The van der Waals surface area contributed by atoms with Gasteiger partial charge in [-0.15, -0.1) is 0 Å². The number of aromatic nitrogens is 1. The van der Waals surface area contributed by atoms with Gasteiger partial charge in [0.15, 0.2) is 0 Å². The van der Waals surface area contributed by atoms with Crippen LogP contribution in [0.3, 0.4) is 0 Å². The van der Waals surface area contributed by atoms with E-state index in [2.05, 4.69) is 5.32 Å². The highest BCUT2D eigenvalue weighted by Gasteiger charge is 2.10. The van der Waals surface area contributed by atoms with E-state index in [0.29, 0.717) is 13.1 Å². The molecule has 2 N–H and O–H groups in total. The molecule has 132 valence electrons. The third kappa shape index (κ3) is 4.19. The lowest BCUT2D eigenvalue weighted by molar-refractivity contribution is 0.0948. The first-order chi connectivity index (χ1) is 12.5. The Kier molecular flexibility index (Phi) is 5.17. The van der Waals surface area contributed by atoms with E-state index >= 15 is 0 Å². The van der Waals surface area contributed by atoms with Crippen molar-refractivity contribution < 1.29 is 9.90 Å². The van der Waals surface area contributed by atoms with E-state index in [1.54, 1.807) is 29.0 Å². The maximum atomic E-state index is 12.2. The summed E-state index contributed by atoms with van der Waals surface area (Å²) in [6.45, 7) is 2.73. The lowest BCUT2D eigenvalue weighted by Gasteiger charge is -2.09. The summed E-state index contributed by atoms with van der Waals surface area (Å²) < 4.78 is 1.64. The number of aryl methyl sites for hydroxylation is 1. The molecule has 0 aliphatic rings. The number of aromatic hydroxyl groups is 1. The number of benzene rings is 2. The summed E-state index contributed by atoms with van der Waals surface area (Å²) in [5.74, 6) is -0.345. The highest BCUT2D eigenvalue weighted by molar-refractivity contribution is 5.96. The Labute approximate surface area is 151 Å². The number of carbonyl (C=O) groups excluding carboxylic acids is 1. The Bertz CT molecular complexity index is 975. The van der Waals surface area contributed by atoms with E-state index in [1.807, 2.05) is 37.3 Å². The molecule has 2 aromatic carbocycles. The van der Waals surface area contributed by atoms with Crippen LogP contribution in [-0.4, -0.2) is 15.6 Å². The molecule has 0 atom stereocenters. The van der Waals surface area contributed by atoms with E-state index in [0.717, 1.165) is 16.7 Å². The second-order valence-corrected chi connectivity index (χ2v) is 6.19. The minimum absolute atomic E-state index is 0.0308. The molecule has 0 fully saturated rings. The fourth-order valence-corrected chi connectivity index (χ4v) is 2.66. The number of hydrogen-bond donors (Lipinski definition) is 2. The van der Waals surface area contributed by atoms with Crippen molar-refractivity contribution in [3.05, 3.63) is 99.5 Å². The molecule has 5 heteroatoms. The van der Waals surface area contributed by atoms with Gasteiger partial charge >= 0.3 is 0 Å². The summed E-state index contributed by atoms with van der Waals surface area (Å²) in [5.41, 5.74) is 3.08. The quantitative estimate of drug-likeness (QED) is 0.745. The molecule has 0 aliphatic carbocycles. The van der Waals surface area contributed by atoms with Crippen molar-refractivity contribution in [3.63, 3.8) is 0 Å². The van der Waals surface area contributed by atoms with Gasteiger partial charge in [0.25, 0.3) is 11.5 Å². The van der Waals surface area contributed by atoms with E-state index in [-0.39, 0.29) is 22.8 Å². The Hall–Kier alpha value is -3.34. The highest BCUT2D eigenvalue weighted by Crippen LogP contribution is 2.18. The number of rotatable bonds is 5. The number of phenolic OH excluding ortho intramolecular Hbond substituents is 1. The third-order valence-electron chi connectivity index (χ3n) is 4.12. The zero-order chi connectivity index (χ0) is 18.5. The lowest BCUT2D eigenvalue weighted by Crippen LogP contribution is -2.23. The van der Waals surface area contributed by atoms with Crippen LogP contribution in [0.2, 0.25) is 0 Å². The average Bonchev–Trinajstić information content (AvgIpc) is 2.65. The summed E-state index contributed by atoms with van der Waals surface area (Å²) in [7, 11) is 0. The molecule has 0 saturated heterocycles. The molecular formula is C21H20N2O3. The van der Waals surface area contributed by atoms with Crippen molar-refractivity contribution in [1.82, 2.24) is 9.88 Å². The van der Waals surface area contributed by atoms with Gasteiger partial charge in [0.2, 0.25) is 0 Å². The predicted molar refractivity (Wildman–Crippen MR) is 100 cm³/mol. The Morgan fingerprint density at radius 3 is 2.50 bits per heavy atom. The zero-order valence-electron chi connectivity index (χ0n) is 14.5. The van der Waals surface area contributed by atoms with E-state index < -0.39 is 0 Å². The molecule has 3 aromatic rings. The topological polar surface area (TPSA) is 71.3 Å². The molecule has 0 bridgehead atoms. The number of pyridine rings is 1. The number of hydrogen-bond acceptors (Lipinski definition) is 3. The SMILES string of the molecule is Cc1ccc(O)c(C(=O)NCc2ccc(Cn3ccccc3=O)cc2)c1. The van der Waals surface area contributed by atoms with Crippen molar-refractivity contribution in [2.75, 3.05) is 0 Å². The first kappa shape index (κ1) is 17.5. The van der Waals surface area contributed by atoms with Crippen LogP contribution >= 0.6 is 0 Å². The smallest absolute Gasteiger partial charge is 0.255 e. The maximum absolute atomic E-state index is 12.2. The minimum atomic E-state index is -0.314. The number of amides is 1. The molecule has 0 aliphatic heterocycles. The van der Waals surface area contributed by atoms with Crippen LogP contribution in [0.15, 0.2) is 71.7 Å². The summed E-state index contributed by atoms with van der Waals surface area (Å²) in [6.07, 6.45) is 1.75. The minimum Gasteiger partial charge on any atom is -0.507 e. The van der Waals surface area contributed by atoms with Crippen molar-refractivity contribution in [2.24, 2.45) is 0 Å². The third-order valence-corrected chi connectivity index (χ3v) is 4.12. The molecule has 5 nitrogen and oxygen atoms in total. The Balaban J connectivity index is 1.63. The first-order valence-corrected chi connectivity index (χ1v) is 8.34. The molecule has 3 rings (SSSR count). The average molecular weight is 348 g/mol. The summed E-state index contributed by atoms with van der Waals surface area (Å²) in [5, 5.41) is 12.6. The van der Waals surface area contributed by atoms with Gasteiger partial charge in [0.05, 0.1) is 12.1 Å². The van der Waals surface area contributed by atoms with Crippen LogP contribution in [0.5, 0.6) is 5.75 Å². The second-order valence-electron chi connectivity index (χ2n) is 6.19. The summed E-state index contributed by atoms with van der Waals surface area (Å²) >= 11 is 0. The van der Waals surface area contributed by atoms with Crippen LogP contribution in [0.4, 0.5) is 0 Å². The number of nitrogens with zero attached hydrogens (tertiary/aromatic N) is 1. The van der Waals surface area contributed by atoms with Gasteiger partial charge in [-0.25, -0.2) is 0 Å². The number of nitrogens with one attached hydrogen (secondary N) is 1. The first-order valence-electron chi connectivity index (χ1n) is 8.34. The Morgan fingerprint density at radius 1 is 1.04 bits per heavy atom. The molecule has 0 spiro atoms. The van der Waals surface area contributed by atoms with Gasteiger partial charge in [-0.2, -0.15) is 0 Å². The fourth-order valence-electron chi connectivity index (χ4n) is 2.66. The summed E-state index contributed by atoms with van der Waals surface area (Å²) in [4.78, 5) is 24.0. The second kappa shape index (κ2) is 7.70. The van der Waals surface area contributed by atoms with Crippen molar-refractivity contribution >= 4 is 5.91 Å². The van der Waals surface area contributed by atoms with Crippen LogP contribution in [0, 0.1) is 6.92 Å². The summed E-state index contributed by atoms with van der Waals surface area (Å²) in [6, 6.07) is 17.7. The van der Waals surface area contributed by atoms with Crippen molar-refractivity contribution in [1.29, 1.82) is 0 Å². The van der Waals surface area contributed by atoms with E-state index in [9.17, 15) is 14.7 Å². The van der Waals surface area contributed by atoms with E-state index in [1.165, 1.54) is 12.1 Å². The molecule has 1 heterocycles. The van der Waals surface area contributed by atoms with Gasteiger partial charge < -0.3 is 15.0 Å². The standard InChI is InChI=1S/C21H20N2O3/c1-15-5-10-19(24)18(12-15)21(26)22-13-16-6-8-17(9-7-16)14-23-11-3-2-4-20(23)25/h2-12,24H,13-14H2,1H3,(H,22,26). The maximum Gasteiger partial charge on any atom is 0.255 e. The molecule has 26 heavy (non-hydrogen) atoms. The normalized spacial score (nSPS) is 10.5. The van der Waals surface area contributed by atoms with Gasteiger partial charge in [0.1, 0.15) is 5.75 Å². The van der Waals surface area contributed by atoms with Crippen molar-refractivity contribution in [3.8, 4) is 5.75 Å². The van der Waals surface area contributed by atoms with Gasteiger partial charge in [0, 0.05) is 18.8 Å². The van der Waals surface area contributed by atoms with Crippen LogP contribution in [0.1, 0.15) is 27.0 Å². The van der Waals surface area contributed by atoms with Gasteiger partial charge in [-0.05, 0) is 36.2 Å². The monoisotopic (exact) mass is 348 g/mol. The van der Waals surface area contributed by atoms with Gasteiger partial charge in [-0.3, -0.25) is 9.59 Å².